The Morgan fingerprint density at radius 3 is 2.48 bits per heavy atom. The molecule has 5 heteroatoms. The Kier molecular flexibility index (Phi) is 5.06. The molecule has 0 aliphatic carbocycles. The third-order valence-electron chi connectivity index (χ3n) is 4.46. The molecule has 2 aromatic carbocycles. The molecule has 27 heavy (non-hydrogen) atoms. The van der Waals surface area contributed by atoms with Crippen LogP contribution in [0.3, 0.4) is 0 Å². The van der Waals surface area contributed by atoms with Gasteiger partial charge in [0.15, 0.2) is 0 Å². The molecule has 5 nitrogen and oxygen atoms in total. The first kappa shape index (κ1) is 18.4. The SMILES string of the molecule is Cc1ccc2ccc(=O)oc2c1.Cc1cccc2c1C(C)C(=C=O)C(=O)O2. The smallest absolute Gasteiger partial charge is 0.351 e. The third-order valence-corrected chi connectivity index (χ3v) is 4.46. The Bertz CT molecular complexity index is 1130. The van der Waals surface area contributed by atoms with Gasteiger partial charge in [0.2, 0.25) is 0 Å². The molecular formula is C22H18O5. The number of rotatable bonds is 0. The molecule has 0 radical (unpaired) electrons. The molecule has 1 aliphatic rings. The maximum Gasteiger partial charge on any atom is 0.351 e. The summed E-state index contributed by atoms with van der Waals surface area (Å²) in [5, 5.41) is 0.959. The van der Waals surface area contributed by atoms with Gasteiger partial charge in [-0.15, -0.1) is 0 Å². The molecule has 1 aliphatic heterocycles. The highest BCUT2D eigenvalue weighted by molar-refractivity contribution is 6.01. The summed E-state index contributed by atoms with van der Waals surface area (Å²) in [4.78, 5) is 32.9. The molecule has 0 N–H and O–H groups in total. The Morgan fingerprint density at radius 1 is 1.00 bits per heavy atom. The van der Waals surface area contributed by atoms with Gasteiger partial charge in [0.05, 0.1) is 0 Å². The third kappa shape index (κ3) is 3.73. The number of benzene rings is 2. The van der Waals surface area contributed by atoms with Crippen LogP contribution in [0.5, 0.6) is 5.75 Å². The van der Waals surface area contributed by atoms with E-state index in [1.54, 1.807) is 18.1 Å². The van der Waals surface area contributed by atoms with Gasteiger partial charge >= 0.3 is 11.6 Å². The molecule has 0 amide bonds. The molecule has 0 fully saturated rings. The van der Waals surface area contributed by atoms with E-state index in [4.69, 9.17) is 9.15 Å². The van der Waals surface area contributed by atoms with E-state index in [0.29, 0.717) is 11.3 Å². The monoisotopic (exact) mass is 362 g/mol. The highest BCUT2D eigenvalue weighted by Crippen LogP contribution is 2.37. The van der Waals surface area contributed by atoms with E-state index in [1.165, 1.54) is 6.07 Å². The number of carbonyl (C=O) groups is 1. The van der Waals surface area contributed by atoms with Crippen molar-refractivity contribution >= 4 is 22.9 Å². The molecule has 136 valence electrons. The van der Waals surface area contributed by atoms with Gasteiger partial charge in [-0.1, -0.05) is 31.2 Å². The van der Waals surface area contributed by atoms with E-state index in [2.05, 4.69) is 0 Å². The largest absolute Gasteiger partial charge is 0.423 e. The second-order valence-corrected chi connectivity index (χ2v) is 6.41. The lowest BCUT2D eigenvalue weighted by Gasteiger charge is -2.23. The lowest BCUT2D eigenvalue weighted by atomic mass is 9.88. The molecule has 3 aromatic rings. The van der Waals surface area contributed by atoms with Crippen LogP contribution in [0, 0.1) is 13.8 Å². The average Bonchev–Trinajstić information content (AvgIpc) is 2.62. The van der Waals surface area contributed by atoms with Gasteiger partial charge in [-0.2, -0.15) is 0 Å². The minimum absolute atomic E-state index is 0.0665. The van der Waals surface area contributed by atoms with Crippen LogP contribution in [-0.2, 0) is 9.59 Å². The molecule has 0 saturated heterocycles. The van der Waals surface area contributed by atoms with Gasteiger partial charge < -0.3 is 9.15 Å². The maximum absolute atomic E-state index is 11.4. The average molecular weight is 362 g/mol. The normalized spacial score (nSPS) is 15.3. The molecule has 1 atom stereocenters. The second-order valence-electron chi connectivity index (χ2n) is 6.41. The van der Waals surface area contributed by atoms with Crippen molar-refractivity contribution in [2.75, 3.05) is 0 Å². The van der Waals surface area contributed by atoms with Crippen molar-refractivity contribution < 1.29 is 18.7 Å². The fourth-order valence-electron chi connectivity index (χ4n) is 3.07. The summed E-state index contributed by atoms with van der Waals surface area (Å²) in [6.45, 7) is 5.70. The molecule has 1 unspecified atom stereocenters. The van der Waals surface area contributed by atoms with Crippen LogP contribution < -0.4 is 10.4 Å². The van der Waals surface area contributed by atoms with Crippen molar-refractivity contribution in [2.24, 2.45) is 0 Å². The highest BCUT2D eigenvalue weighted by atomic mass is 16.5. The summed E-state index contributed by atoms with van der Waals surface area (Å²) in [7, 11) is 0. The van der Waals surface area contributed by atoms with Gasteiger partial charge in [-0.05, 0) is 43.2 Å². The summed E-state index contributed by atoms with van der Waals surface area (Å²) in [5.74, 6) is 1.39. The van der Waals surface area contributed by atoms with Crippen molar-refractivity contribution in [1.82, 2.24) is 0 Å². The Hall–Kier alpha value is -3.43. The van der Waals surface area contributed by atoms with Crippen molar-refractivity contribution in [1.29, 1.82) is 0 Å². The van der Waals surface area contributed by atoms with E-state index in [-0.39, 0.29) is 17.1 Å². The molecule has 4 rings (SSSR count). The molecular weight excluding hydrogens is 344 g/mol. The predicted molar refractivity (Wildman–Crippen MR) is 102 cm³/mol. The summed E-state index contributed by atoms with van der Waals surface area (Å²) in [6, 6.07) is 14.5. The summed E-state index contributed by atoms with van der Waals surface area (Å²) < 4.78 is 10.0. The van der Waals surface area contributed by atoms with Crippen LogP contribution in [0.15, 0.2) is 63.3 Å². The number of hydrogen-bond donors (Lipinski definition) is 0. The predicted octanol–water partition coefficient (Wildman–Crippen LogP) is 3.88. The number of hydrogen-bond acceptors (Lipinski definition) is 5. The van der Waals surface area contributed by atoms with Gasteiger partial charge in [-0.3, -0.25) is 0 Å². The molecule has 0 spiro atoms. The van der Waals surface area contributed by atoms with Crippen LogP contribution in [0.4, 0.5) is 0 Å². The van der Waals surface area contributed by atoms with Crippen molar-refractivity contribution in [2.45, 2.75) is 26.7 Å². The quantitative estimate of drug-likeness (QED) is 0.199. The Morgan fingerprint density at radius 2 is 1.74 bits per heavy atom. The topological polar surface area (TPSA) is 73.6 Å². The van der Waals surface area contributed by atoms with Crippen molar-refractivity contribution in [3.8, 4) is 5.75 Å². The molecule has 2 heterocycles. The van der Waals surface area contributed by atoms with Crippen LogP contribution >= 0.6 is 0 Å². The molecule has 0 bridgehead atoms. The second kappa shape index (κ2) is 7.44. The Balaban J connectivity index is 0.000000159. The number of aryl methyl sites for hydroxylation is 2. The summed E-state index contributed by atoms with van der Waals surface area (Å²) in [5.41, 5.74) is 3.43. The number of ether oxygens (including phenoxy) is 1. The number of esters is 1. The molecule has 1 aromatic heterocycles. The van der Waals surface area contributed by atoms with E-state index >= 15 is 0 Å². The van der Waals surface area contributed by atoms with E-state index in [9.17, 15) is 14.4 Å². The molecule has 0 saturated carbocycles. The first-order valence-electron chi connectivity index (χ1n) is 8.48. The maximum atomic E-state index is 11.4. The highest BCUT2D eigenvalue weighted by Gasteiger charge is 2.31. The van der Waals surface area contributed by atoms with Crippen LogP contribution in [-0.4, -0.2) is 11.9 Å². The van der Waals surface area contributed by atoms with E-state index < -0.39 is 5.97 Å². The van der Waals surface area contributed by atoms with Crippen molar-refractivity contribution in [3.05, 3.63) is 81.2 Å². The lowest BCUT2D eigenvalue weighted by Crippen LogP contribution is -2.23. The summed E-state index contributed by atoms with van der Waals surface area (Å²) in [6.07, 6.45) is 0. The van der Waals surface area contributed by atoms with Gasteiger partial charge in [0.1, 0.15) is 22.8 Å². The lowest BCUT2D eigenvalue weighted by molar-refractivity contribution is -0.131. The minimum atomic E-state index is -0.587. The van der Waals surface area contributed by atoms with Crippen molar-refractivity contribution in [3.63, 3.8) is 0 Å². The Labute approximate surface area is 155 Å². The van der Waals surface area contributed by atoms with Gasteiger partial charge in [0.25, 0.3) is 0 Å². The van der Waals surface area contributed by atoms with Gasteiger partial charge in [-0.25, -0.2) is 14.4 Å². The number of fused-ring (bicyclic) bond motifs is 2. The number of carbonyl (C=O) groups excluding carboxylic acids is 2. The van der Waals surface area contributed by atoms with E-state index in [0.717, 1.165) is 22.1 Å². The standard InChI is InChI=1S/C12H10O3.C10H8O2/c1-7-4-3-5-10-11(7)8(2)9(6-13)12(14)15-10;1-7-2-3-8-4-5-10(11)12-9(8)6-7/h3-5,8H,1-2H3;2-6H,1H3. The minimum Gasteiger partial charge on any atom is -0.423 e. The van der Waals surface area contributed by atoms with Crippen LogP contribution in [0.2, 0.25) is 0 Å². The zero-order valence-corrected chi connectivity index (χ0v) is 15.2. The first-order valence-corrected chi connectivity index (χ1v) is 8.48. The summed E-state index contributed by atoms with van der Waals surface area (Å²) >= 11 is 0. The zero-order valence-electron chi connectivity index (χ0n) is 15.2. The zero-order chi connectivity index (χ0) is 19.6. The first-order chi connectivity index (χ1) is 12.9. The van der Waals surface area contributed by atoms with E-state index in [1.807, 2.05) is 51.1 Å². The van der Waals surface area contributed by atoms with Crippen LogP contribution in [0.25, 0.3) is 11.0 Å². The van der Waals surface area contributed by atoms with Gasteiger partial charge in [0, 0.05) is 22.9 Å². The fourth-order valence-corrected chi connectivity index (χ4v) is 3.07. The van der Waals surface area contributed by atoms with Crippen LogP contribution in [0.1, 0.15) is 29.5 Å². The fraction of sp³-hybridized carbons (Fsp3) is 0.182.